The molecule has 0 radical (unpaired) electrons. The van der Waals surface area contributed by atoms with Crippen LogP contribution in [0.4, 0.5) is 5.69 Å². The van der Waals surface area contributed by atoms with Crippen LogP contribution in [0.25, 0.3) is 15.7 Å². The van der Waals surface area contributed by atoms with E-state index in [-0.39, 0.29) is 5.91 Å². The molecule has 0 aliphatic carbocycles. The van der Waals surface area contributed by atoms with Crippen molar-refractivity contribution in [3.63, 3.8) is 0 Å². The molecule has 1 amide bonds. The van der Waals surface area contributed by atoms with Gasteiger partial charge in [-0.1, -0.05) is 11.6 Å². The Hall–Kier alpha value is -2.97. The second-order valence-corrected chi connectivity index (χ2v) is 6.78. The van der Waals surface area contributed by atoms with Gasteiger partial charge >= 0.3 is 5.97 Å². The first-order valence-electron chi connectivity index (χ1n) is 7.48. The normalized spacial score (nSPS) is 11.0. The summed E-state index contributed by atoms with van der Waals surface area (Å²) in [7, 11) is 1.30. The number of hydrogen-bond acceptors (Lipinski definition) is 6. The third kappa shape index (κ3) is 2.69. The molecule has 9 heteroatoms. The Morgan fingerprint density at radius 2 is 2.19 bits per heavy atom. The molecule has 0 saturated carbocycles. The number of esters is 1. The van der Waals surface area contributed by atoms with Gasteiger partial charge in [0, 0.05) is 28.2 Å². The maximum atomic E-state index is 12.6. The molecule has 0 unspecified atom stereocenters. The van der Waals surface area contributed by atoms with Gasteiger partial charge in [-0.05, 0) is 24.3 Å². The van der Waals surface area contributed by atoms with E-state index in [1.54, 1.807) is 36.7 Å². The molecule has 4 rings (SSSR count). The topological polar surface area (TPSA) is 85.6 Å². The fourth-order valence-electron chi connectivity index (χ4n) is 2.55. The van der Waals surface area contributed by atoms with Gasteiger partial charge in [-0.2, -0.15) is 5.10 Å². The van der Waals surface area contributed by atoms with Crippen LogP contribution in [0.3, 0.4) is 0 Å². The zero-order valence-electron chi connectivity index (χ0n) is 13.4. The van der Waals surface area contributed by atoms with Crippen molar-refractivity contribution in [2.24, 2.45) is 0 Å². The van der Waals surface area contributed by atoms with Crippen molar-refractivity contribution >= 4 is 56.2 Å². The first-order chi connectivity index (χ1) is 12.6. The van der Waals surface area contributed by atoms with E-state index in [2.05, 4.69) is 15.4 Å². The zero-order valence-corrected chi connectivity index (χ0v) is 15.0. The summed E-state index contributed by atoms with van der Waals surface area (Å²) in [5, 5.41) is 8.00. The van der Waals surface area contributed by atoms with Gasteiger partial charge in [0.25, 0.3) is 5.91 Å². The number of rotatable bonds is 3. The average Bonchev–Trinajstić information content (AvgIpc) is 3.22. The molecule has 3 heterocycles. The van der Waals surface area contributed by atoms with Gasteiger partial charge in [0.1, 0.15) is 10.4 Å². The molecule has 26 heavy (non-hydrogen) atoms. The molecular formula is C17H11ClN4O3S. The molecule has 1 N–H and O–H groups in total. The molecule has 0 aliphatic heterocycles. The van der Waals surface area contributed by atoms with E-state index in [0.29, 0.717) is 26.8 Å². The SMILES string of the molecule is COC(=O)c1sc2cc(NC(=O)c3cnn4cccnc34)ccc2c1Cl. The molecule has 0 atom stereocenters. The molecule has 0 spiro atoms. The number of carbonyl (C=O) groups is 2. The van der Waals surface area contributed by atoms with Gasteiger partial charge in [-0.25, -0.2) is 14.3 Å². The van der Waals surface area contributed by atoms with Crippen LogP contribution in [0.2, 0.25) is 5.02 Å². The van der Waals surface area contributed by atoms with E-state index >= 15 is 0 Å². The Kier molecular flexibility index (Phi) is 4.06. The quantitative estimate of drug-likeness (QED) is 0.543. The maximum Gasteiger partial charge on any atom is 0.349 e. The predicted octanol–water partition coefficient (Wildman–Crippen LogP) is 3.64. The summed E-state index contributed by atoms with van der Waals surface area (Å²) in [6, 6.07) is 6.97. The van der Waals surface area contributed by atoms with E-state index in [1.165, 1.54) is 29.2 Å². The van der Waals surface area contributed by atoms with E-state index in [9.17, 15) is 9.59 Å². The Bertz CT molecular complexity index is 1170. The number of ether oxygens (including phenoxy) is 1. The number of nitrogens with zero attached hydrogens (tertiary/aromatic N) is 3. The van der Waals surface area contributed by atoms with Crippen molar-refractivity contribution in [1.82, 2.24) is 14.6 Å². The summed E-state index contributed by atoms with van der Waals surface area (Å²) in [5.41, 5.74) is 1.41. The monoisotopic (exact) mass is 386 g/mol. The minimum Gasteiger partial charge on any atom is -0.465 e. The van der Waals surface area contributed by atoms with Crippen molar-refractivity contribution in [3.05, 3.63) is 58.3 Å². The zero-order chi connectivity index (χ0) is 18.3. The van der Waals surface area contributed by atoms with E-state index in [1.807, 2.05) is 0 Å². The first kappa shape index (κ1) is 16.5. The van der Waals surface area contributed by atoms with Gasteiger partial charge in [0.05, 0.1) is 18.3 Å². The highest BCUT2D eigenvalue weighted by Gasteiger charge is 2.19. The summed E-state index contributed by atoms with van der Waals surface area (Å²) in [6.07, 6.45) is 4.78. The number of methoxy groups -OCH3 is 1. The lowest BCUT2D eigenvalue weighted by molar-refractivity contribution is 0.0606. The third-order valence-electron chi connectivity index (χ3n) is 3.78. The molecule has 0 aliphatic rings. The molecule has 0 saturated heterocycles. The van der Waals surface area contributed by atoms with Crippen molar-refractivity contribution in [3.8, 4) is 0 Å². The Balaban J connectivity index is 1.67. The van der Waals surface area contributed by atoms with Crippen LogP contribution in [0.5, 0.6) is 0 Å². The summed E-state index contributed by atoms with van der Waals surface area (Å²) in [6.45, 7) is 0. The highest BCUT2D eigenvalue weighted by atomic mass is 35.5. The number of amides is 1. The van der Waals surface area contributed by atoms with Crippen LogP contribution >= 0.6 is 22.9 Å². The molecule has 130 valence electrons. The maximum absolute atomic E-state index is 12.6. The first-order valence-corrected chi connectivity index (χ1v) is 8.68. The second kappa shape index (κ2) is 6.40. The Morgan fingerprint density at radius 3 is 3.00 bits per heavy atom. The largest absolute Gasteiger partial charge is 0.465 e. The van der Waals surface area contributed by atoms with Crippen molar-refractivity contribution in [1.29, 1.82) is 0 Å². The minimum absolute atomic E-state index is 0.325. The predicted molar refractivity (Wildman–Crippen MR) is 99.1 cm³/mol. The van der Waals surface area contributed by atoms with Gasteiger partial charge in [-0.3, -0.25) is 4.79 Å². The smallest absolute Gasteiger partial charge is 0.349 e. The number of aromatic nitrogens is 3. The lowest BCUT2D eigenvalue weighted by atomic mass is 10.2. The summed E-state index contributed by atoms with van der Waals surface area (Å²) >= 11 is 7.45. The van der Waals surface area contributed by atoms with Crippen LogP contribution < -0.4 is 5.32 Å². The van der Waals surface area contributed by atoms with Crippen LogP contribution in [0.15, 0.2) is 42.9 Å². The van der Waals surface area contributed by atoms with Crippen LogP contribution in [-0.2, 0) is 4.74 Å². The number of thiophene rings is 1. The molecule has 1 aromatic carbocycles. The lowest BCUT2D eigenvalue weighted by Gasteiger charge is -2.04. The summed E-state index contributed by atoms with van der Waals surface area (Å²) in [4.78, 5) is 28.8. The van der Waals surface area contributed by atoms with Gasteiger partial charge in [0.2, 0.25) is 0 Å². The van der Waals surface area contributed by atoms with Crippen molar-refractivity contribution < 1.29 is 14.3 Å². The molecular weight excluding hydrogens is 376 g/mol. The van der Waals surface area contributed by atoms with E-state index < -0.39 is 5.97 Å². The minimum atomic E-state index is -0.487. The highest BCUT2D eigenvalue weighted by Crippen LogP contribution is 2.37. The fourth-order valence-corrected chi connectivity index (χ4v) is 4.02. The van der Waals surface area contributed by atoms with Gasteiger partial charge in [-0.15, -0.1) is 11.3 Å². The van der Waals surface area contributed by atoms with E-state index in [0.717, 1.165) is 10.1 Å². The van der Waals surface area contributed by atoms with Crippen LogP contribution in [-0.4, -0.2) is 33.6 Å². The Labute approximate surface area is 156 Å². The number of carbonyl (C=O) groups excluding carboxylic acids is 2. The molecule has 7 nitrogen and oxygen atoms in total. The summed E-state index contributed by atoms with van der Waals surface area (Å²) < 4.78 is 7.03. The molecule has 4 aromatic rings. The second-order valence-electron chi connectivity index (χ2n) is 5.35. The number of halogens is 1. The standard InChI is InChI=1S/C17H11ClN4O3S/c1-25-17(24)14-13(18)10-4-3-9(7-12(10)26-14)21-16(23)11-8-20-22-6-2-5-19-15(11)22/h2-8H,1H3,(H,21,23). The van der Waals surface area contributed by atoms with Gasteiger partial charge < -0.3 is 10.1 Å². The number of fused-ring (bicyclic) bond motifs is 2. The van der Waals surface area contributed by atoms with Crippen molar-refractivity contribution in [2.45, 2.75) is 0 Å². The molecule has 0 bridgehead atoms. The summed E-state index contributed by atoms with van der Waals surface area (Å²) in [5.74, 6) is -0.812. The van der Waals surface area contributed by atoms with Crippen LogP contribution in [0.1, 0.15) is 20.0 Å². The number of benzene rings is 1. The highest BCUT2D eigenvalue weighted by molar-refractivity contribution is 7.21. The number of hydrogen-bond donors (Lipinski definition) is 1. The number of anilines is 1. The third-order valence-corrected chi connectivity index (χ3v) is 5.42. The lowest BCUT2D eigenvalue weighted by Crippen LogP contribution is -2.11. The number of nitrogens with one attached hydrogen (secondary N) is 1. The average molecular weight is 387 g/mol. The molecule has 0 fully saturated rings. The van der Waals surface area contributed by atoms with Gasteiger partial charge in [0.15, 0.2) is 5.65 Å². The van der Waals surface area contributed by atoms with E-state index in [4.69, 9.17) is 16.3 Å². The molecule has 3 aromatic heterocycles. The van der Waals surface area contributed by atoms with Crippen molar-refractivity contribution in [2.75, 3.05) is 12.4 Å². The Morgan fingerprint density at radius 1 is 1.35 bits per heavy atom. The fraction of sp³-hybridized carbons (Fsp3) is 0.0588. The van der Waals surface area contributed by atoms with Crippen LogP contribution in [0, 0.1) is 0 Å².